The summed E-state index contributed by atoms with van der Waals surface area (Å²) in [5, 5.41) is 0. The maximum atomic E-state index is 12.8. The van der Waals surface area contributed by atoms with E-state index in [0.29, 0.717) is 11.8 Å². The van der Waals surface area contributed by atoms with Crippen LogP contribution in [0.5, 0.6) is 0 Å². The lowest BCUT2D eigenvalue weighted by Gasteiger charge is -2.50. The van der Waals surface area contributed by atoms with E-state index in [0.717, 1.165) is 57.9 Å². The summed E-state index contributed by atoms with van der Waals surface area (Å²) in [5.74, 6) is 1.75. The quantitative estimate of drug-likeness (QED) is 0.578. The molecule has 6 heteroatoms. The third-order valence-electron chi connectivity index (χ3n) is 7.98. The van der Waals surface area contributed by atoms with Crippen molar-refractivity contribution in [2.75, 3.05) is 37.6 Å². The average molecular weight is 397 g/mol. The molecule has 4 aliphatic rings. The predicted octanol–water partition coefficient (Wildman–Crippen LogP) is 2.91. The van der Waals surface area contributed by atoms with Crippen molar-refractivity contribution >= 4 is 11.9 Å². The Labute approximate surface area is 173 Å². The number of carbonyl (C=O) groups excluding carboxylic acids is 1. The molecule has 0 N–H and O–H groups in total. The highest BCUT2D eigenvalue weighted by atomic mass is 16.6. The highest BCUT2D eigenvalue weighted by Gasteiger charge is 2.55. The minimum atomic E-state index is 0.0128. The van der Waals surface area contributed by atoms with Crippen molar-refractivity contribution < 1.29 is 9.53 Å². The van der Waals surface area contributed by atoms with Gasteiger partial charge in [-0.3, -0.25) is 9.69 Å². The second kappa shape index (κ2) is 7.38. The van der Waals surface area contributed by atoms with Crippen LogP contribution in [0.3, 0.4) is 0 Å². The van der Waals surface area contributed by atoms with Crippen molar-refractivity contribution in [3.8, 4) is 0 Å². The number of hydrogen-bond donors (Lipinski definition) is 0. The number of aromatic nitrogens is 2. The number of nitrogens with zero attached hydrogens (tertiary/aromatic N) is 4. The Morgan fingerprint density at radius 2 is 2.00 bits per heavy atom. The van der Waals surface area contributed by atoms with Crippen molar-refractivity contribution in [1.29, 1.82) is 0 Å². The Hall–Kier alpha value is -1.95. The third-order valence-corrected chi connectivity index (χ3v) is 7.98. The molecule has 0 unspecified atom stereocenters. The number of carbonyl (C=O) groups is 1. The van der Waals surface area contributed by atoms with E-state index >= 15 is 0 Å². The van der Waals surface area contributed by atoms with Gasteiger partial charge >= 0.3 is 5.97 Å². The van der Waals surface area contributed by atoms with Crippen molar-refractivity contribution in [2.24, 2.45) is 23.2 Å². The predicted molar refractivity (Wildman–Crippen MR) is 111 cm³/mol. The van der Waals surface area contributed by atoms with E-state index in [1.165, 1.54) is 18.4 Å². The highest BCUT2D eigenvalue weighted by molar-refractivity contribution is 5.75. The topological polar surface area (TPSA) is 58.6 Å². The summed E-state index contributed by atoms with van der Waals surface area (Å²) in [5.41, 5.74) is 1.68. The molecule has 2 aliphatic heterocycles. The first-order valence-corrected chi connectivity index (χ1v) is 11.2. The monoisotopic (exact) mass is 396 g/mol. The van der Waals surface area contributed by atoms with Crippen LogP contribution in [-0.2, 0) is 9.53 Å². The molecule has 0 radical (unpaired) electrons. The second-order valence-corrected chi connectivity index (χ2v) is 9.74. The summed E-state index contributed by atoms with van der Waals surface area (Å²) in [4.78, 5) is 26.2. The summed E-state index contributed by atoms with van der Waals surface area (Å²) in [7, 11) is 0. The van der Waals surface area contributed by atoms with E-state index in [-0.39, 0.29) is 23.4 Å². The summed E-state index contributed by atoms with van der Waals surface area (Å²) in [6.07, 6.45) is 9.41. The van der Waals surface area contributed by atoms with E-state index in [4.69, 9.17) is 4.74 Å². The van der Waals surface area contributed by atoms with Crippen LogP contribution in [0.25, 0.3) is 0 Å². The minimum absolute atomic E-state index is 0.0128. The van der Waals surface area contributed by atoms with Gasteiger partial charge in [-0.05, 0) is 49.5 Å². The highest BCUT2D eigenvalue weighted by Crippen LogP contribution is 2.56. The normalized spacial score (nSPS) is 37.8. The Balaban J connectivity index is 1.23. The number of esters is 1. The molecule has 5 atom stereocenters. The molecule has 5 rings (SSSR count). The van der Waals surface area contributed by atoms with Gasteiger partial charge in [0.25, 0.3) is 0 Å². The van der Waals surface area contributed by atoms with Crippen LogP contribution in [0, 0.1) is 23.2 Å². The van der Waals surface area contributed by atoms with Crippen molar-refractivity contribution in [3.05, 3.63) is 30.6 Å². The van der Waals surface area contributed by atoms with E-state index < -0.39 is 0 Å². The molecule has 3 heterocycles. The minimum Gasteiger partial charge on any atom is -0.462 e. The number of fused-ring (bicyclic) bond motifs is 2. The lowest BCUT2D eigenvalue weighted by Crippen LogP contribution is -2.50. The van der Waals surface area contributed by atoms with Gasteiger partial charge in [-0.25, -0.2) is 9.97 Å². The zero-order valence-electron chi connectivity index (χ0n) is 17.4. The number of ether oxygens (including phenoxy) is 1. The van der Waals surface area contributed by atoms with Crippen molar-refractivity contribution in [3.63, 3.8) is 0 Å². The molecule has 0 aromatic carbocycles. The van der Waals surface area contributed by atoms with E-state index in [9.17, 15) is 4.79 Å². The first kappa shape index (κ1) is 19.0. The first-order valence-electron chi connectivity index (χ1n) is 11.2. The smallest absolute Gasteiger partial charge is 0.310 e. The zero-order chi connectivity index (χ0) is 20.0. The Morgan fingerprint density at radius 1 is 1.24 bits per heavy atom. The standard InChI is InChI=1S/C23H32N4O2/c1-16-5-3-6-23(2)14-20-17(13-19(16)23)18(21(28)29-20)15-26-9-11-27(12-10-26)22-24-7-4-8-25-22/h4,7-8,17-20H,1,3,5-6,9-15H2,2H3/t17-,18+,19-,20+,23+/m0/s1. The lowest BCUT2D eigenvalue weighted by molar-refractivity contribution is -0.146. The fourth-order valence-electron chi connectivity index (χ4n) is 6.33. The molecule has 29 heavy (non-hydrogen) atoms. The molecule has 6 nitrogen and oxygen atoms in total. The number of piperazine rings is 1. The van der Waals surface area contributed by atoms with Crippen molar-refractivity contribution in [2.45, 2.75) is 45.1 Å². The van der Waals surface area contributed by atoms with Gasteiger partial charge in [0.1, 0.15) is 6.10 Å². The third kappa shape index (κ3) is 3.45. The van der Waals surface area contributed by atoms with Gasteiger partial charge in [0.15, 0.2) is 0 Å². The fraction of sp³-hybridized carbons (Fsp3) is 0.696. The Bertz CT molecular complexity index is 776. The van der Waals surface area contributed by atoms with Gasteiger partial charge in [-0.15, -0.1) is 0 Å². The molecular weight excluding hydrogens is 364 g/mol. The maximum absolute atomic E-state index is 12.8. The van der Waals surface area contributed by atoms with Gasteiger partial charge in [0, 0.05) is 51.0 Å². The Kier molecular flexibility index (Phi) is 4.85. The van der Waals surface area contributed by atoms with Crippen LogP contribution in [0.2, 0.25) is 0 Å². The average Bonchev–Trinajstić information content (AvgIpc) is 3.01. The molecule has 2 saturated carbocycles. The SMILES string of the molecule is C=C1CCC[C@]2(C)C[C@H]3OC(=O)[C@H](CN4CCN(c5ncccn5)CC4)[C@@H]3C[C@@H]12. The van der Waals surface area contributed by atoms with E-state index in [1.54, 1.807) is 12.4 Å². The van der Waals surface area contributed by atoms with Crippen LogP contribution >= 0.6 is 0 Å². The molecule has 156 valence electrons. The number of anilines is 1. The molecule has 1 aromatic rings. The van der Waals surface area contributed by atoms with E-state index in [2.05, 4.69) is 33.3 Å². The van der Waals surface area contributed by atoms with Gasteiger partial charge in [-0.2, -0.15) is 0 Å². The molecule has 4 fully saturated rings. The van der Waals surface area contributed by atoms with Crippen LogP contribution in [0.1, 0.15) is 39.0 Å². The summed E-state index contributed by atoms with van der Waals surface area (Å²) in [6.45, 7) is 11.3. The van der Waals surface area contributed by atoms with Gasteiger partial charge < -0.3 is 9.64 Å². The van der Waals surface area contributed by atoms with Gasteiger partial charge in [0.05, 0.1) is 5.92 Å². The molecule has 1 aromatic heterocycles. The number of rotatable bonds is 3. The number of allylic oxidation sites excluding steroid dienone is 1. The van der Waals surface area contributed by atoms with Gasteiger partial charge in [-0.1, -0.05) is 19.1 Å². The number of hydrogen-bond acceptors (Lipinski definition) is 6. The van der Waals surface area contributed by atoms with Crippen LogP contribution < -0.4 is 4.90 Å². The van der Waals surface area contributed by atoms with Gasteiger partial charge in [0.2, 0.25) is 5.95 Å². The zero-order valence-corrected chi connectivity index (χ0v) is 17.4. The lowest BCUT2D eigenvalue weighted by atomic mass is 9.55. The second-order valence-electron chi connectivity index (χ2n) is 9.74. The molecule has 0 spiro atoms. The molecule has 2 saturated heterocycles. The molecule has 2 aliphatic carbocycles. The van der Waals surface area contributed by atoms with Crippen LogP contribution in [0.4, 0.5) is 5.95 Å². The molecule has 0 amide bonds. The summed E-state index contributed by atoms with van der Waals surface area (Å²) < 4.78 is 5.93. The van der Waals surface area contributed by atoms with Crippen LogP contribution in [0.15, 0.2) is 30.6 Å². The van der Waals surface area contributed by atoms with E-state index in [1.807, 2.05) is 6.07 Å². The molecule has 0 bridgehead atoms. The molecular formula is C23H32N4O2. The maximum Gasteiger partial charge on any atom is 0.310 e. The van der Waals surface area contributed by atoms with Crippen LogP contribution in [-0.4, -0.2) is 59.7 Å². The summed E-state index contributed by atoms with van der Waals surface area (Å²) in [6, 6.07) is 1.85. The summed E-state index contributed by atoms with van der Waals surface area (Å²) >= 11 is 0. The Morgan fingerprint density at radius 3 is 2.76 bits per heavy atom. The van der Waals surface area contributed by atoms with Crippen molar-refractivity contribution in [1.82, 2.24) is 14.9 Å². The first-order chi connectivity index (χ1) is 14.0. The fourth-order valence-corrected chi connectivity index (χ4v) is 6.33. The largest absolute Gasteiger partial charge is 0.462 e.